The molecule has 0 unspecified atom stereocenters. The van der Waals surface area contributed by atoms with Gasteiger partial charge in [0.25, 0.3) is 5.56 Å². The number of hydrogen-bond acceptors (Lipinski definition) is 5. The molecule has 0 fully saturated rings. The molecule has 0 amide bonds. The zero-order chi connectivity index (χ0) is 21.8. The molecule has 0 radical (unpaired) electrons. The quantitative estimate of drug-likeness (QED) is 0.450. The first-order valence-corrected chi connectivity index (χ1v) is 10.7. The van der Waals surface area contributed by atoms with Crippen LogP contribution in [0.5, 0.6) is 0 Å². The Kier molecular flexibility index (Phi) is 4.02. The Morgan fingerprint density at radius 2 is 1.84 bits per heavy atom. The third kappa shape index (κ3) is 2.84. The molecule has 0 saturated carbocycles. The number of carboxylic acid groups (broad SMARTS) is 1. The minimum absolute atomic E-state index is 0.0894. The summed E-state index contributed by atoms with van der Waals surface area (Å²) in [6.45, 7) is 0.379. The van der Waals surface area contributed by atoms with Crippen LogP contribution in [0, 0.1) is 0 Å². The summed E-state index contributed by atoms with van der Waals surface area (Å²) in [5, 5.41) is 10.1. The third-order valence-corrected chi connectivity index (χ3v) is 6.42. The van der Waals surface area contributed by atoms with Gasteiger partial charge in [-0.15, -0.1) is 0 Å². The Bertz CT molecular complexity index is 1770. The van der Waals surface area contributed by atoms with E-state index in [0.717, 1.165) is 27.5 Å². The average Bonchev–Trinajstić information content (AvgIpc) is 3.54. The van der Waals surface area contributed by atoms with E-state index in [-0.39, 0.29) is 11.3 Å². The Hall–Kier alpha value is -4.17. The van der Waals surface area contributed by atoms with Crippen LogP contribution in [0.2, 0.25) is 0 Å². The number of fused-ring (bicyclic) bond motifs is 4. The highest BCUT2D eigenvalue weighted by Gasteiger charge is 2.14. The van der Waals surface area contributed by atoms with Gasteiger partial charge in [-0.3, -0.25) is 4.79 Å². The standard InChI is InChI=1S/C24H15N3O4S/c28-22-21(32-24-25-17-6-2-4-8-19(17)27(22)24)11-14-12-26(18-7-3-1-5-16(14)18)13-15-9-10-20(31-15)23(29)30/h1-12H,13H2,(H,29,30)/b21-11-. The predicted octanol–water partition coefficient (Wildman–Crippen LogP) is 3.75. The first-order valence-electron chi connectivity index (χ1n) is 9.90. The molecule has 1 N–H and O–H groups in total. The van der Waals surface area contributed by atoms with Gasteiger partial charge in [0, 0.05) is 22.7 Å². The van der Waals surface area contributed by atoms with E-state index >= 15 is 0 Å². The molecule has 0 aliphatic rings. The second-order valence-corrected chi connectivity index (χ2v) is 8.44. The molecule has 4 aromatic heterocycles. The number of para-hydroxylation sites is 3. The molecule has 6 aromatic rings. The summed E-state index contributed by atoms with van der Waals surface area (Å²) >= 11 is 1.36. The minimum Gasteiger partial charge on any atom is -0.475 e. The fourth-order valence-electron chi connectivity index (χ4n) is 4.02. The summed E-state index contributed by atoms with van der Waals surface area (Å²) in [7, 11) is 0. The molecule has 4 heterocycles. The van der Waals surface area contributed by atoms with Crippen LogP contribution < -0.4 is 10.1 Å². The summed E-state index contributed by atoms with van der Waals surface area (Å²) in [6.07, 6.45) is 3.84. The van der Waals surface area contributed by atoms with Gasteiger partial charge in [0.1, 0.15) is 5.76 Å². The molecule has 0 spiro atoms. The van der Waals surface area contributed by atoms with Crippen molar-refractivity contribution < 1.29 is 14.3 Å². The summed E-state index contributed by atoms with van der Waals surface area (Å²) < 4.78 is 9.67. The fraction of sp³-hybridized carbons (Fsp3) is 0.0417. The maximum absolute atomic E-state index is 13.1. The minimum atomic E-state index is -1.10. The van der Waals surface area contributed by atoms with E-state index in [4.69, 9.17) is 9.52 Å². The Balaban J connectivity index is 1.49. The SMILES string of the molecule is O=C(O)c1ccc(Cn2cc(/C=c3\sc4nc5ccccc5n4c3=O)c3ccccc32)o1. The number of carbonyl (C=O) groups is 1. The predicted molar refractivity (Wildman–Crippen MR) is 122 cm³/mol. The van der Waals surface area contributed by atoms with Crippen LogP contribution in [0.4, 0.5) is 0 Å². The lowest BCUT2D eigenvalue weighted by Crippen LogP contribution is -2.22. The van der Waals surface area contributed by atoms with Crippen LogP contribution >= 0.6 is 11.3 Å². The van der Waals surface area contributed by atoms with E-state index < -0.39 is 5.97 Å². The Labute approximate surface area is 184 Å². The van der Waals surface area contributed by atoms with E-state index in [2.05, 4.69) is 4.98 Å². The maximum Gasteiger partial charge on any atom is 0.371 e. The van der Waals surface area contributed by atoms with Gasteiger partial charge in [-0.05, 0) is 36.4 Å². The zero-order valence-corrected chi connectivity index (χ0v) is 17.4. The molecule has 2 aromatic carbocycles. The molecule has 156 valence electrons. The number of rotatable bonds is 4. The lowest BCUT2D eigenvalue weighted by Gasteiger charge is -2.02. The van der Waals surface area contributed by atoms with Gasteiger partial charge < -0.3 is 14.1 Å². The van der Waals surface area contributed by atoms with Gasteiger partial charge in [-0.1, -0.05) is 41.7 Å². The normalized spacial score (nSPS) is 12.4. The van der Waals surface area contributed by atoms with Crippen molar-refractivity contribution in [2.24, 2.45) is 0 Å². The van der Waals surface area contributed by atoms with Gasteiger partial charge in [-0.2, -0.15) is 0 Å². The summed E-state index contributed by atoms with van der Waals surface area (Å²) in [6, 6.07) is 18.6. The average molecular weight is 441 g/mol. The number of aromatic carboxylic acids is 1. The monoisotopic (exact) mass is 441 g/mol. The smallest absolute Gasteiger partial charge is 0.371 e. The highest BCUT2D eigenvalue weighted by Crippen LogP contribution is 2.24. The molecule has 0 bridgehead atoms. The number of aromatic nitrogens is 3. The van der Waals surface area contributed by atoms with Gasteiger partial charge in [-0.25, -0.2) is 14.2 Å². The fourth-order valence-corrected chi connectivity index (χ4v) is 5.00. The van der Waals surface area contributed by atoms with E-state index in [9.17, 15) is 9.59 Å². The largest absolute Gasteiger partial charge is 0.475 e. The first-order chi connectivity index (χ1) is 15.6. The van der Waals surface area contributed by atoms with Crippen LogP contribution in [0.1, 0.15) is 21.9 Å². The van der Waals surface area contributed by atoms with Crippen molar-refractivity contribution in [3.05, 3.63) is 98.8 Å². The lowest BCUT2D eigenvalue weighted by molar-refractivity contribution is 0.0660. The molecular formula is C24H15N3O4S. The zero-order valence-electron chi connectivity index (χ0n) is 16.6. The van der Waals surface area contributed by atoms with Gasteiger partial charge >= 0.3 is 5.97 Å². The molecule has 7 nitrogen and oxygen atoms in total. The van der Waals surface area contributed by atoms with E-state index in [0.29, 0.717) is 21.8 Å². The van der Waals surface area contributed by atoms with E-state index in [1.165, 1.54) is 17.4 Å². The second-order valence-electron chi connectivity index (χ2n) is 7.43. The number of hydrogen-bond donors (Lipinski definition) is 1. The van der Waals surface area contributed by atoms with Crippen molar-refractivity contribution >= 4 is 50.3 Å². The lowest BCUT2D eigenvalue weighted by atomic mass is 10.2. The van der Waals surface area contributed by atoms with Crippen molar-refractivity contribution in [1.82, 2.24) is 14.0 Å². The highest BCUT2D eigenvalue weighted by atomic mass is 32.1. The Morgan fingerprint density at radius 3 is 2.66 bits per heavy atom. The molecule has 0 aliphatic carbocycles. The van der Waals surface area contributed by atoms with Crippen molar-refractivity contribution in [3.8, 4) is 0 Å². The molecular weight excluding hydrogens is 426 g/mol. The van der Waals surface area contributed by atoms with Gasteiger partial charge in [0.15, 0.2) is 4.96 Å². The molecule has 32 heavy (non-hydrogen) atoms. The molecule has 6 rings (SSSR count). The maximum atomic E-state index is 13.1. The van der Waals surface area contributed by atoms with Crippen LogP contribution in [0.25, 0.3) is 33.0 Å². The number of imidazole rings is 1. The van der Waals surface area contributed by atoms with Gasteiger partial charge in [0.2, 0.25) is 5.76 Å². The van der Waals surface area contributed by atoms with Crippen LogP contribution in [-0.2, 0) is 6.54 Å². The summed E-state index contributed by atoms with van der Waals surface area (Å²) in [5.74, 6) is -0.644. The van der Waals surface area contributed by atoms with Crippen molar-refractivity contribution in [1.29, 1.82) is 0 Å². The van der Waals surface area contributed by atoms with Crippen molar-refractivity contribution in [2.75, 3.05) is 0 Å². The highest BCUT2D eigenvalue weighted by molar-refractivity contribution is 7.15. The number of benzene rings is 2. The number of thiazole rings is 1. The topological polar surface area (TPSA) is 89.7 Å². The van der Waals surface area contributed by atoms with Gasteiger partial charge in [0.05, 0.1) is 22.1 Å². The third-order valence-electron chi connectivity index (χ3n) is 5.45. The second kappa shape index (κ2) is 6.93. The number of furan rings is 1. The molecule has 8 heteroatoms. The van der Waals surface area contributed by atoms with E-state index in [1.807, 2.05) is 65.4 Å². The molecule has 0 saturated heterocycles. The Morgan fingerprint density at radius 1 is 1.06 bits per heavy atom. The van der Waals surface area contributed by atoms with Crippen LogP contribution in [0.15, 0.2) is 76.1 Å². The number of carboxylic acids is 1. The first kappa shape index (κ1) is 18.6. The van der Waals surface area contributed by atoms with Crippen molar-refractivity contribution in [3.63, 3.8) is 0 Å². The summed E-state index contributed by atoms with van der Waals surface area (Å²) in [4.78, 5) is 29.5. The molecule has 0 atom stereocenters. The number of nitrogens with zero attached hydrogens (tertiary/aromatic N) is 3. The van der Waals surface area contributed by atoms with Crippen molar-refractivity contribution in [2.45, 2.75) is 6.54 Å². The van der Waals surface area contributed by atoms with Crippen LogP contribution in [0.3, 0.4) is 0 Å². The van der Waals surface area contributed by atoms with E-state index in [1.54, 1.807) is 10.5 Å². The van der Waals surface area contributed by atoms with Crippen LogP contribution in [-0.4, -0.2) is 25.0 Å². The summed E-state index contributed by atoms with van der Waals surface area (Å²) in [5.41, 5.74) is 3.38. The molecule has 0 aliphatic heterocycles.